The Morgan fingerprint density at radius 2 is 1.79 bits per heavy atom. The summed E-state index contributed by atoms with van der Waals surface area (Å²) in [6.45, 7) is -0.569. The molecule has 1 fully saturated rings. The van der Waals surface area contributed by atoms with Crippen molar-refractivity contribution in [3.8, 4) is 5.75 Å². The fourth-order valence-electron chi connectivity index (χ4n) is 3.45. The highest BCUT2D eigenvalue weighted by atomic mass is 19.4. The number of carbonyl (C=O) groups excluding carboxylic acids is 2. The summed E-state index contributed by atoms with van der Waals surface area (Å²) >= 11 is 0. The molecule has 0 aliphatic heterocycles. The quantitative estimate of drug-likeness (QED) is 0.499. The van der Waals surface area contributed by atoms with Gasteiger partial charge in [-0.1, -0.05) is 12.1 Å². The molecule has 0 unspecified atom stereocenters. The van der Waals surface area contributed by atoms with Crippen LogP contribution >= 0.6 is 0 Å². The Bertz CT molecular complexity index is 1270. The Hall–Kier alpha value is -3.89. The SMILES string of the molecule is O=C(COC(=O)CCc1nc2ccccc2c(=O)n1C1CC1)Nc1ccc(OC(F)(F)F)cc1. The second-order valence-corrected chi connectivity index (χ2v) is 7.73. The smallest absolute Gasteiger partial charge is 0.456 e. The van der Waals surface area contributed by atoms with E-state index in [4.69, 9.17) is 4.74 Å². The maximum atomic E-state index is 12.8. The third kappa shape index (κ3) is 5.91. The summed E-state index contributed by atoms with van der Waals surface area (Å²) in [5.41, 5.74) is 0.630. The van der Waals surface area contributed by atoms with Crippen LogP contribution in [0.2, 0.25) is 0 Å². The number of benzene rings is 2. The number of rotatable bonds is 8. The summed E-state index contributed by atoms with van der Waals surface area (Å²) in [5, 5.41) is 2.93. The minimum Gasteiger partial charge on any atom is -0.456 e. The van der Waals surface area contributed by atoms with Crippen LogP contribution in [0.5, 0.6) is 5.75 Å². The number of anilines is 1. The highest BCUT2D eigenvalue weighted by molar-refractivity contribution is 5.92. The van der Waals surface area contributed by atoms with Crippen molar-refractivity contribution in [2.45, 2.75) is 38.1 Å². The predicted octanol–water partition coefficient (Wildman–Crippen LogP) is 3.74. The van der Waals surface area contributed by atoms with Gasteiger partial charge in [0.25, 0.3) is 11.5 Å². The number of fused-ring (bicyclic) bond motifs is 1. The number of aryl methyl sites for hydroxylation is 1. The number of hydrogen-bond acceptors (Lipinski definition) is 6. The number of para-hydroxylation sites is 1. The molecule has 2 aromatic carbocycles. The molecule has 1 aromatic heterocycles. The fraction of sp³-hybridized carbons (Fsp3) is 0.304. The van der Waals surface area contributed by atoms with Crippen molar-refractivity contribution < 1.29 is 32.2 Å². The van der Waals surface area contributed by atoms with Crippen LogP contribution in [0.4, 0.5) is 18.9 Å². The number of alkyl halides is 3. The van der Waals surface area contributed by atoms with Crippen molar-refractivity contribution >= 4 is 28.5 Å². The van der Waals surface area contributed by atoms with Crippen LogP contribution in [0.25, 0.3) is 10.9 Å². The molecule has 0 radical (unpaired) electrons. The molecule has 1 amide bonds. The van der Waals surface area contributed by atoms with Crippen molar-refractivity contribution in [1.29, 1.82) is 0 Å². The molecular formula is C23H20F3N3O5. The second kappa shape index (κ2) is 9.54. The van der Waals surface area contributed by atoms with Crippen LogP contribution in [0, 0.1) is 0 Å². The number of carbonyl (C=O) groups is 2. The standard InChI is InChI=1S/C23H20F3N3O5/c24-23(25,26)34-16-9-5-14(6-10-16)27-20(30)13-33-21(31)12-11-19-28-18-4-2-1-3-17(18)22(32)29(19)15-7-8-15/h1-6,9-10,15H,7-8,11-13H2,(H,27,30). The van der Waals surface area contributed by atoms with Gasteiger partial charge in [0.1, 0.15) is 11.6 Å². The first kappa shape index (κ1) is 23.3. The van der Waals surface area contributed by atoms with Crippen molar-refractivity contribution in [2.24, 2.45) is 0 Å². The third-order valence-electron chi connectivity index (χ3n) is 5.08. The number of ether oxygens (including phenoxy) is 2. The van der Waals surface area contributed by atoms with Crippen LogP contribution < -0.4 is 15.6 Å². The first-order valence-electron chi connectivity index (χ1n) is 10.5. The van der Waals surface area contributed by atoms with E-state index in [0.29, 0.717) is 16.7 Å². The zero-order valence-electron chi connectivity index (χ0n) is 17.8. The summed E-state index contributed by atoms with van der Waals surface area (Å²) in [6, 6.07) is 11.6. The molecule has 1 N–H and O–H groups in total. The van der Waals surface area contributed by atoms with E-state index in [1.165, 1.54) is 12.1 Å². The Kier molecular flexibility index (Phi) is 6.53. The molecule has 3 aromatic rings. The molecular weight excluding hydrogens is 455 g/mol. The molecule has 1 aliphatic carbocycles. The maximum absolute atomic E-state index is 12.8. The van der Waals surface area contributed by atoms with Gasteiger partial charge in [-0.05, 0) is 49.2 Å². The Labute approximate surface area is 191 Å². The number of hydrogen-bond donors (Lipinski definition) is 1. The molecule has 34 heavy (non-hydrogen) atoms. The van der Waals surface area contributed by atoms with E-state index >= 15 is 0 Å². The van der Waals surface area contributed by atoms with Gasteiger partial charge >= 0.3 is 12.3 Å². The van der Waals surface area contributed by atoms with Gasteiger partial charge in [0.2, 0.25) is 0 Å². The maximum Gasteiger partial charge on any atom is 0.573 e. The van der Waals surface area contributed by atoms with Crippen LogP contribution in [0.1, 0.15) is 31.1 Å². The lowest BCUT2D eigenvalue weighted by Gasteiger charge is -2.13. The molecule has 0 spiro atoms. The zero-order valence-corrected chi connectivity index (χ0v) is 17.8. The van der Waals surface area contributed by atoms with Crippen molar-refractivity contribution in [3.63, 3.8) is 0 Å². The summed E-state index contributed by atoms with van der Waals surface area (Å²) in [4.78, 5) is 41.5. The zero-order chi connectivity index (χ0) is 24.3. The first-order chi connectivity index (χ1) is 16.2. The summed E-state index contributed by atoms with van der Waals surface area (Å²) in [7, 11) is 0. The topological polar surface area (TPSA) is 99.5 Å². The molecule has 1 heterocycles. The van der Waals surface area contributed by atoms with Crippen LogP contribution in [-0.2, 0) is 20.7 Å². The fourth-order valence-corrected chi connectivity index (χ4v) is 3.45. The number of nitrogens with one attached hydrogen (secondary N) is 1. The number of nitrogens with zero attached hydrogens (tertiary/aromatic N) is 2. The predicted molar refractivity (Wildman–Crippen MR) is 115 cm³/mol. The molecule has 4 rings (SSSR count). The molecule has 8 nitrogen and oxygen atoms in total. The lowest BCUT2D eigenvalue weighted by atomic mass is 10.2. The van der Waals surface area contributed by atoms with E-state index in [9.17, 15) is 27.6 Å². The molecule has 0 bridgehead atoms. The molecule has 1 saturated carbocycles. The average molecular weight is 475 g/mol. The molecule has 0 saturated heterocycles. The third-order valence-corrected chi connectivity index (χ3v) is 5.08. The van der Waals surface area contributed by atoms with Gasteiger partial charge in [-0.2, -0.15) is 0 Å². The van der Waals surface area contributed by atoms with Crippen molar-refractivity contribution in [3.05, 3.63) is 64.7 Å². The Balaban J connectivity index is 1.30. The van der Waals surface area contributed by atoms with E-state index in [-0.39, 0.29) is 30.1 Å². The highest BCUT2D eigenvalue weighted by Gasteiger charge is 2.31. The van der Waals surface area contributed by atoms with Gasteiger partial charge in [-0.25, -0.2) is 4.98 Å². The highest BCUT2D eigenvalue weighted by Crippen LogP contribution is 2.35. The number of halogens is 3. The van der Waals surface area contributed by atoms with Crippen molar-refractivity contribution in [2.75, 3.05) is 11.9 Å². The van der Waals surface area contributed by atoms with E-state index in [1.807, 2.05) is 0 Å². The monoisotopic (exact) mass is 475 g/mol. The summed E-state index contributed by atoms with van der Waals surface area (Å²) < 4.78 is 46.9. The number of amides is 1. The first-order valence-corrected chi connectivity index (χ1v) is 10.5. The minimum absolute atomic E-state index is 0.0751. The largest absolute Gasteiger partial charge is 0.573 e. The van der Waals surface area contributed by atoms with Gasteiger partial charge in [-0.3, -0.25) is 19.0 Å². The molecule has 0 atom stereocenters. The number of aromatic nitrogens is 2. The van der Waals surface area contributed by atoms with Crippen LogP contribution in [0.3, 0.4) is 0 Å². The second-order valence-electron chi connectivity index (χ2n) is 7.73. The Morgan fingerprint density at radius 1 is 1.09 bits per heavy atom. The van der Waals surface area contributed by atoms with Gasteiger partial charge in [0, 0.05) is 18.2 Å². The molecule has 1 aliphatic rings. The average Bonchev–Trinajstić information content (AvgIpc) is 3.62. The van der Waals surface area contributed by atoms with Gasteiger partial charge in [0.15, 0.2) is 6.61 Å². The minimum atomic E-state index is -4.81. The van der Waals surface area contributed by atoms with E-state index < -0.39 is 30.6 Å². The van der Waals surface area contributed by atoms with Crippen molar-refractivity contribution in [1.82, 2.24) is 9.55 Å². The number of esters is 1. The molecule has 11 heteroatoms. The van der Waals surface area contributed by atoms with Gasteiger partial charge < -0.3 is 14.8 Å². The van der Waals surface area contributed by atoms with Crippen LogP contribution in [-0.4, -0.2) is 34.4 Å². The van der Waals surface area contributed by atoms with Crippen LogP contribution in [0.15, 0.2) is 53.3 Å². The summed E-state index contributed by atoms with van der Waals surface area (Å²) in [5.74, 6) is -1.23. The summed E-state index contributed by atoms with van der Waals surface area (Å²) in [6.07, 6.45) is -2.96. The molecule has 178 valence electrons. The Morgan fingerprint density at radius 3 is 2.47 bits per heavy atom. The lowest BCUT2D eigenvalue weighted by molar-refractivity contribution is -0.274. The van der Waals surface area contributed by atoms with E-state index in [2.05, 4.69) is 15.0 Å². The van der Waals surface area contributed by atoms with Gasteiger partial charge in [0.05, 0.1) is 17.3 Å². The normalized spacial score (nSPS) is 13.5. The van der Waals surface area contributed by atoms with E-state index in [0.717, 1.165) is 25.0 Å². The van der Waals surface area contributed by atoms with E-state index in [1.54, 1.807) is 28.8 Å². The van der Waals surface area contributed by atoms with Gasteiger partial charge in [-0.15, -0.1) is 13.2 Å². The lowest BCUT2D eigenvalue weighted by Crippen LogP contribution is -2.25.